The van der Waals surface area contributed by atoms with Gasteiger partial charge in [-0.05, 0) is 61.2 Å². The van der Waals surface area contributed by atoms with Gasteiger partial charge in [-0.25, -0.2) is 19.3 Å². The third-order valence-corrected chi connectivity index (χ3v) is 8.55. The molecule has 3 unspecified atom stereocenters. The van der Waals surface area contributed by atoms with E-state index in [0.717, 1.165) is 49.1 Å². The minimum atomic E-state index is -0.911. The molecule has 3 aliphatic heterocycles. The summed E-state index contributed by atoms with van der Waals surface area (Å²) < 4.78 is 13.7. The maximum Gasteiger partial charge on any atom is 0.307 e. The number of carbonyl (C=O) groups is 1. The van der Waals surface area contributed by atoms with Crippen molar-refractivity contribution < 1.29 is 14.3 Å². The number of rotatable bonds is 6. The van der Waals surface area contributed by atoms with Crippen molar-refractivity contribution in [2.24, 2.45) is 5.92 Å². The molecule has 8 nitrogen and oxygen atoms in total. The number of carboxylic acid groups (broad SMARTS) is 1. The Labute approximate surface area is 232 Å². The van der Waals surface area contributed by atoms with Crippen LogP contribution in [0.1, 0.15) is 37.1 Å². The van der Waals surface area contributed by atoms with Gasteiger partial charge in [-0.15, -0.1) is 0 Å². The summed E-state index contributed by atoms with van der Waals surface area (Å²) in [4.78, 5) is 32.7. The first kappa shape index (κ1) is 26.0. The highest BCUT2D eigenvalue weighted by atomic mass is 35.5. The van der Waals surface area contributed by atoms with Crippen molar-refractivity contribution in [3.8, 4) is 11.3 Å². The van der Waals surface area contributed by atoms with E-state index in [9.17, 15) is 9.18 Å². The molecule has 0 spiro atoms. The summed E-state index contributed by atoms with van der Waals surface area (Å²) in [7, 11) is 0. The van der Waals surface area contributed by atoms with Crippen molar-refractivity contribution in [1.82, 2.24) is 19.9 Å². The predicted molar refractivity (Wildman–Crippen MR) is 149 cm³/mol. The van der Waals surface area contributed by atoms with Crippen LogP contribution in [0.5, 0.6) is 0 Å². The molecule has 2 aromatic heterocycles. The van der Waals surface area contributed by atoms with Gasteiger partial charge in [0, 0.05) is 62.5 Å². The highest BCUT2D eigenvalue weighted by molar-refractivity contribution is 6.33. The second-order valence-corrected chi connectivity index (χ2v) is 11.3. The Bertz CT molecular complexity index is 1360. The zero-order valence-corrected chi connectivity index (χ0v) is 22.7. The number of benzene rings is 1. The molecule has 1 N–H and O–H groups in total. The van der Waals surface area contributed by atoms with Gasteiger partial charge in [-0.3, -0.25) is 9.69 Å². The summed E-state index contributed by atoms with van der Waals surface area (Å²) in [6.07, 6.45) is 3.87. The first-order chi connectivity index (χ1) is 18.9. The molecule has 1 aromatic carbocycles. The van der Waals surface area contributed by atoms with Crippen molar-refractivity contribution in [3.05, 3.63) is 64.8 Å². The number of nitrogens with zero attached hydrogens (tertiary/aromatic N) is 6. The van der Waals surface area contributed by atoms with Crippen molar-refractivity contribution in [2.45, 2.75) is 38.1 Å². The van der Waals surface area contributed by atoms with Gasteiger partial charge in [0.1, 0.15) is 23.3 Å². The van der Waals surface area contributed by atoms with E-state index >= 15 is 0 Å². The van der Waals surface area contributed by atoms with Crippen molar-refractivity contribution in [3.63, 3.8) is 0 Å². The van der Waals surface area contributed by atoms with E-state index in [1.165, 1.54) is 25.0 Å². The number of aliphatic carboxylic acids is 1. The van der Waals surface area contributed by atoms with E-state index in [1.807, 2.05) is 6.07 Å². The van der Waals surface area contributed by atoms with Crippen molar-refractivity contribution >= 4 is 29.2 Å². The van der Waals surface area contributed by atoms with Crippen molar-refractivity contribution in [2.75, 3.05) is 49.1 Å². The number of hydrogen-bond acceptors (Lipinski definition) is 7. The van der Waals surface area contributed by atoms with E-state index in [1.54, 1.807) is 24.4 Å². The number of carboxylic acids is 1. The summed E-state index contributed by atoms with van der Waals surface area (Å²) in [5.74, 6) is 2.01. The normalized spacial score (nSPS) is 23.3. The fraction of sp³-hybridized carbons (Fsp3) is 0.448. The predicted octanol–water partition coefficient (Wildman–Crippen LogP) is 4.48. The molecule has 3 fully saturated rings. The van der Waals surface area contributed by atoms with Gasteiger partial charge in [0.15, 0.2) is 0 Å². The molecular weight excluding hydrogens is 519 g/mol. The van der Waals surface area contributed by atoms with Gasteiger partial charge in [-0.1, -0.05) is 18.5 Å². The molecule has 0 aliphatic carbocycles. The standard InChI is InChI=1S/C29H32ClFN6O2/c1-18-17-37-8-2-3-24(37)27(18)28-33-23(20-4-6-21(31)7-5-20)15-25(34-28)35-9-11-36(12-10-35)29-22(30)13-19(16-32-29)14-26(38)39/h4-7,13,15-16,18,24,27H,2-3,8-12,14,17H2,1H3,(H,38,39). The highest BCUT2D eigenvalue weighted by Gasteiger charge is 2.44. The summed E-state index contributed by atoms with van der Waals surface area (Å²) in [6.45, 7) is 7.37. The van der Waals surface area contributed by atoms with E-state index in [-0.39, 0.29) is 18.2 Å². The van der Waals surface area contributed by atoms with Gasteiger partial charge >= 0.3 is 5.97 Å². The second kappa shape index (κ2) is 10.7. The zero-order chi connectivity index (χ0) is 27.1. The summed E-state index contributed by atoms with van der Waals surface area (Å²) in [5, 5.41) is 9.51. The van der Waals surface area contributed by atoms with Crippen LogP contribution in [0.3, 0.4) is 0 Å². The number of aromatic nitrogens is 3. The van der Waals surface area contributed by atoms with E-state index in [0.29, 0.717) is 41.5 Å². The van der Waals surface area contributed by atoms with Crippen LogP contribution in [0.15, 0.2) is 42.6 Å². The van der Waals surface area contributed by atoms with Crippen LogP contribution >= 0.6 is 11.6 Å². The fourth-order valence-electron chi connectivity index (χ4n) is 6.43. The summed E-state index contributed by atoms with van der Waals surface area (Å²) in [5.41, 5.74) is 2.28. The molecule has 3 atom stereocenters. The molecule has 0 saturated carbocycles. The molecule has 5 heterocycles. The van der Waals surface area contributed by atoms with Crippen molar-refractivity contribution in [1.29, 1.82) is 0 Å². The first-order valence-corrected chi connectivity index (χ1v) is 14.0. The number of halogens is 2. The molecule has 0 amide bonds. The molecule has 10 heteroatoms. The molecule has 6 rings (SSSR count). The van der Waals surface area contributed by atoms with Crippen LogP contribution in [0.4, 0.5) is 16.0 Å². The van der Waals surface area contributed by atoms with Crippen LogP contribution in [-0.4, -0.2) is 76.2 Å². The Balaban J connectivity index is 1.26. The molecule has 0 bridgehead atoms. The number of anilines is 2. The minimum absolute atomic E-state index is 0.106. The molecule has 3 saturated heterocycles. The van der Waals surface area contributed by atoms with E-state index in [2.05, 4.69) is 26.6 Å². The number of fused-ring (bicyclic) bond motifs is 1. The monoisotopic (exact) mass is 550 g/mol. The molecule has 39 heavy (non-hydrogen) atoms. The first-order valence-electron chi connectivity index (χ1n) is 13.6. The Morgan fingerprint density at radius 3 is 2.54 bits per heavy atom. The molecule has 0 radical (unpaired) electrons. The second-order valence-electron chi connectivity index (χ2n) is 10.9. The SMILES string of the molecule is CC1CN2CCCC2C1c1nc(-c2ccc(F)cc2)cc(N2CCN(c3ncc(CC(=O)O)cc3Cl)CC2)n1. The Morgan fingerprint density at radius 2 is 1.82 bits per heavy atom. The maximum atomic E-state index is 13.7. The number of piperazine rings is 1. The molecular formula is C29H32ClFN6O2. The zero-order valence-electron chi connectivity index (χ0n) is 21.9. The van der Waals surface area contributed by atoms with Crippen LogP contribution in [0, 0.1) is 11.7 Å². The topological polar surface area (TPSA) is 85.7 Å². The van der Waals surface area contributed by atoms with E-state index in [4.69, 9.17) is 26.7 Å². The maximum absolute atomic E-state index is 13.7. The molecule has 3 aromatic rings. The third-order valence-electron chi connectivity index (χ3n) is 8.27. The number of pyridine rings is 1. The van der Waals surface area contributed by atoms with Gasteiger partial charge in [-0.2, -0.15) is 0 Å². The lowest BCUT2D eigenvalue weighted by molar-refractivity contribution is -0.136. The molecule has 204 valence electrons. The van der Waals surface area contributed by atoms with Crippen LogP contribution in [-0.2, 0) is 11.2 Å². The quantitative estimate of drug-likeness (QED) is 0.481. The van der Waals surface area contributed by atoms with Crippen LogP contribution in [0.25, 0.3) is 11.3 Å². The minimum Gasteiger partial charge on any atom is -0.481 e. The average molecular weight is 551 g/mol. The Hall–Kier alpha value is -3.30. The van der Waals surface area contributed by atoms with Crippen LogP contribution in [0.2, 0.25) is 5.02 Å². The highest BCUT2D eigenvalue weighted by Crippen LogP contribution is 2.42. The van der Waals surface area contributed by atoms with Gasteiger partial charge in [0.25, 0.3) is 0 Å². The van der Waals surface area contributed by atoms with E-state index < -0.39 is 5.97 Å². The Morgan fingerprint density at radius 1 is 1.08 bits per heavy atom. The van der Waals surface area contributed by atoms with Gasteiger partial charge in [0.2, 0.25) is 0 Å². The van der Waals surface area contributed by atoms with Crippen LogP contribution < -0.4 is 9.80 Å². The molecule has 3 aliphatic rings. The average Bonchev–Trinajstić information content (AvgIpc) is 3.49. The largest absolute Gasteiger partial charge is 0.481 e. The third kappa shape index (κ3) is 5.30. The van der Waals surface area contributed by atoms with Gasteiger partial charge < -0.3 is 14.9 Å². The Kier molecular flexibility index (Phi) is 7.12. The number of hydrogen-bond donors (Lipinski definition) is 1. The lowest BCUT2D eigenvalue weighted by Crippen LogP contribution is -2.47. The lowest BCUT2D eigenvalue weighted by Gasteiger charge is -2.37. The lowest BCUT2D eigenvalue weighted by atomic mass is 9.89. The fourth-order valence-corrected chi connectivity index (χ4v) is 6.74. The summed E-state index contributed by atoms with van der Waals surface area (Å²) in [6, 6.07) is 10.7. The summed E-state index contributed by atoms with van der Waals surface area (Å²) >= 11 is 6.49. The van der Waals surface area contributed by atoms with Gasteiger partial charge in [0.05, 0.1) is 17.1 Å². The smallest absolute Gasteiger partial charge is 0.307 e.